The second-order valence-electron chi connectivity index (χ2n) is 3.99. The molecular formula is C14H20O3. The van der Waals surface area contributed by atoms with Gasteiger partial charge in [-0.05, 0) is 25.5 Å². The van der Waals surface area contributed by atoms with Crippen LogP contribution in [0.2, 0.25) is 0 Å². The topological polar surface area (TPSA) is 46.5 Å². The van der Waals surface area contributed by atoms with Crippen LogP contribution in [-0.2, 0) is 0 Å². The molecule has 0 aliphatic rings. The van der Waals surface area contributed by atoms with E-state index in [9.17, 15) is 9.90 Å². The van der Waals surface area contributed by atoms with E-state index in [2.05, 4.69) is 6.92 Å². The zero-order valence-electron chi connectivity index (χ0n) is 10.5. The number of carbonyl (C=O) groups excluding carboxylic acids is 1. The summed E-state index contributed by atoms with van der Waals surface area (Å²) in [4.78, 5) is 11.8. The van der Waals surface area contributed by atoms with E-state index in [0.29, 0.717) is 24.3 Å². The third kappa shape index (κ3) is 4.10. The van der Waals surface area contributed by atoms with Gasteiger partial charge in [0.05, 0.1) is 12.2 Å². The minimum atomic E-state index is -0.000927. The first kappa shape index (κ1) is 13.6. The number of hydrogen-bond donors (Lipinski definition) is 1. The molecule has 3 nitrogen and oxygen atoms in total. The van der Waals surface area contributed by atoms with Crippen LogP contribution in [0.15, 0.2) is 18.2 Å². The number of phenolic OH excluding ortho intramolecular Hbond substituents is 1. The molecule has 0 amide bonds. The average molecular weight is 236 g/mol. The van der Waals surface area contributed by atoms with E-state index in [4.69, 9.17) is 4.74 Å². The predicted molar refractivity (Wildman–Crippen MR) is 67.7 cm³/mol. The van der Waals surface area contributed by atoms with E-state index in [1.54, 1.807) is 12.1 Å². The molecule has 94 valence electrons. The van der Waals surface area contributed by atoms with Crippen molar-refractivity contribution in [1.82, 2.24) is 0 Å². The molecule has 0 heterocycles. The Hall–Kier alpha value is -1.51. The molecule has 0 bridgehead atoms. The van der Waals surface area contributed by atoms with Crippen LogP contribution in [0.5, 0.6) is 11.5 Å². The van der Waals surface area contributed by atoms with Crippen molar-refractivity contribution in [1.29, 1.82) is 0 Å². The highest BCUT2D eigenvalue weighted by molar-refractivity contribution is 5.98. The first-order valence-corrected chi connectivity index (χ1v) is 6.18. The van der Waals surface area contributed by atoms with Crippen molar-refractivity contribution in [3.05, 3.63) is 23.8 Å². The summed E-state index contributed by atoms with van der Waals surface area (Å²) in [5, 5.41) is 9.74. The summed E-state index contributed by atoms with van der Waals surface area (Å²) in [5.74, 6) is 0.603. The lowest BCUT2D eigenvalue weighted by atomic mass is 10.0. The Bertz CT molecular complexity index is 372. The Morgan fingerprint density at radius 2 is 2.06 bits per heavy atom. The largest absolute Gasteiger partial charge is 0.507 e. The Morgan fingerprint density at radius 3 is 2.65 bits per heavy atom. The fourth-order valence-corrected chi connectivity index (χ4v) is 1.67. The number of aromatic hydroxyl groups is 1. The summed E-state index contributed by atoms with van der Waals surface area (Å²) >= 11 is 0. The van der Waals surface area contributed by atoms with Gasteiger partial charge >= 0.3 is 0 Å². The Labute approximate surface area is 102 Å². The number of rotatable bonds is 7. The summed E-state index contributed by atoms with van der Waals surface area (Å²) in [6.07, 6.45) is 3.50. The molecule has 0 saturated carbocycles. The molecule has 17 heavy (non-hydrogen) atoms. The normalized spacial score (nSPS) is 10.2. The first-order chi connectivity index (χ1) is 8.19. The van der Waals surface area contributed by atoms with E-state index in [0.717, 1.165) is 19.3 Å². The van der Waals surface area contributed by atoms with Crippen molar-refractivity contribution in [2.24, 2.45) is 0 Å². The molecule has 0 saturated heterocycles. The molecule has 0 fully saturated rings. The van der Waals surface area contributed by atoms with Gasteiger partial charge in [0.25, 0.3) is 0 Å². The van der Waals surface area contributed by atoms with Crippen LogP contribution in [0, 0.1) is 0 Å². The fraction of sp³-hybridized carbons (Fsp3) is 0.500. The molecule has 1 N–H and O–H groups in total. The number of carbonyl (C=O) groups is 1. The number of ether oxygens (including phenoxy) is 1. The van der Waals surface area contributed by atoms with E-state index in [1.165, 1.54) is 6.07 Å². The molecule has 1 aromatic rings. The second-order valence-corrected chi connectivity index (χ2v) is 3.99. The van der Waals surface area contributed by atoms with E-state index in [-0.39, 0.29) is 11.5 Å². The molecule has 0 aliphatic carbocycles. The molecule has 1 aromatic carbocycles. The van der Waals surface area contributed by atoms with Crippen molar-refractivity contribution in [3.8, 4) is 11.5 Å². The highest BCUT2D eigenvalue weighted by Crippen LogP contribution is 2.25. The maximum atomic E-state index is 11.8. The van der Waals surface area contributed by atoms with Gasteiger partial charge in [-0.25, -0.2) is 0 Å². The quantitative estimate of drug-likeness (QED) is 0.581. The van der Waals surface area contributed by atoms with Crippen molar-refractivity contribution >= 4 is 5.78 Å². The smallest absolute Gasteiger partial charge is 0.166 e. The number of ketones is 1. The Balaban J connectivity index is 2.67. The molecule has 0 aromatic heterocycles. The molecule has 0 spiro atoms. The molecule has 0 radical (unpaired) electrons. The summed E-state index contributed by atoms with van der Waals surface area (Å²) in [6, 6.07) is 4.85. The van der Waals surface area contributed by atoms with Gasteiger partial charge < -0.3 is 9.84 Å². The van der Waals surface area contributed by atoms with Crippen molar-refractivity contribution < 1.29 is 14.6 Å². The van der Waals surface area contributed by atoms with E-state index in [1.807, 2.05) is 6.92 Å². The summed E-state index contributed by atoms with van der Waals surface area (Å²) < 4.78 is 5.25. The highest BCUT2D eigenvalue weighted by Gasteiger charge is 2.11. The van der Waals surface area contributed by atoms with Crippen LogP contribution < -0.4 is 4.74 Å². The van der Waals surface area contributed by atoms with Gasteiger partial charge in [-0.1, -0.05) is 19.8 Å². The standard InChI is InChI=1S/C14H20O3/c1-3-5-6-7-13(15)12-9-8-11(17-4-2)10-14(12)16/h8-10,16H,3-7H2,1-2H3. The van der Waals surface area contributed by atoms with Crippen LogP contribution >= 0.6 is 0 Å². The van der Waals surface area contributed by atoms with Gasteiger partial charge in [-0.2, -0.15) is 0 Å². The van der Waals surface area contributed by atoms with Gasteiger partial charge in [-0.3, -0.25) is 4.79 Å². The molecule has 0 atom stereocenters. The van der Waals surface area contributed by atoms with Gasteiger partial charge in [0, 0.05) is 12.5 Å². The number of hydrogen-bond acceptors (Lipinski definition) is 3. The number of unbranched alkanes of at least 4 members (excludes halogenated alkanes) is 2. The Morgan fingerprint density at radius 1 is 1.29 bits per heavy atom. The minimum Gasteiger partial charge on any atom is -0.507 e. The second kappa shape index (κ2) is 6.94. The van der Waals surface area contributed by atoms with Crippen LogP contribution in [0.25, 0.3) is 0 Å². The third-order valence-corrected chi connectivity index (χ3v) is 2.59. The minimum absolute atomic E-state index is 0.000927. The molecule has 1 rings (SSSR count). The van der Waals surface area contributed by atoms with Crippen LogP contribution in [0.3, 0.4) is 0 Å². The third-order valence-electron chi connectivity index (χ3n) is 2.59. The summed E-state index contributed by atoms with van der Waals surface area (Å²) in [6.45, 7) is 4.52. The lowest BCUT2D eigenvalue weighted by molar-refractivity contribution is 0.0976. The van der Waals surface area contributed by atoms with Gasteiger partial charge in [-0.15, -0.1) is 0 Å². The summed E-state index contributed by atoms with van der Waals surface area (Å²) in [7, 11) is 0. The zero-order chi connectivity index (χ0) is 12.7. The van der Waals surface area contributed by atoms with Crippen molar-refractivity contribution in [2.75, 3.05) is 6.61 Å². The van der Waals surface area contributed by atoms with E-state index >= 15 is 0 Å². The SMILES string of the molecule is CCCCCC(=O)c1ccc(OCC)cc1O. The van der Waals surface area contributed by atoms with Crippen molar-refractivity contribution in [3.63, 3.8) is 0 Å². The van der Waals surface area contributed by atoms with Crippen LogP contribution in [0.4, 0.5) is 0 Å². The lowest BCUT2D eigenvalue weighted by Crippen LogP contribution is -2.00. The first-order valence-electron chi connectivity index (χ1n) is 6.18. The van der Waals surface area contributed by atoms with E-state index < -0.39 is 0 Å². The maximum absolute atomic E-state index is 11.8. The average Bonchev–Trinajstić information content (AvgIpc) is 2.29. The van der Waals surface area contributed by atoms with Gasteiger partial charge in [0.2, 0.25) is 0 Å². The highest BCUT2D eigenvalue weighted by atomic mass is 16.5. The lowest BCUT2D eigenvalue weighted by Gasteiger charge is -2.07. The predicted octanol–water partition coefficient (Wildman–Crippen LogP) is 3.55. The number of Topliss-reactive ketones (excluding diaryl/α,β-unsaturated/α-hetero) is 1. The number of benzene rings is 1. The maximum Gasteiger partial charge on any atom is 0.166 e. The zero-order valence-corrected chi connectivity index (χ0v) is 10.5. The molecule has 0 aliphatic heterocycles. The Kier molecular flexibility index (Phi) is 5.53. The van der Waals surface area contributed by atoms with Gasteiger partial charge in [0.1, 0.15) is 11.5 Å². The van der Waals surface area contributed by atoms with Crippen LogP contribution in [0.1, 0.15) is 49.9 Å². The fourth-order valence-electron chi connectivity index (χ4n) is 1.67. The molecule has 3 heteroatoms. The molecular weight excluding hydrogens is 216 g/mol. The van der Waals surface area contributed by atoms with Gasteiger partial charge in [0.15, 0.2) is 5.78 Å². The summed E-state index contributed by atoms with van der Waals surface area (Å²) in [5.41, 5.74) is 0.393. The number of phenols is 1. The molecule has 0 unspecified atom stereocenters. The van der Waals surface area contributed by atoms with Crippen LogP contribution in [-0.4, -0.2) is 17.5 Å². The monoisotopic (exact) mass is 236 g/mol. The van der Waals surface area contributed by atoms with Crippen molar-refractivity contribution in [2.45, 2.75) is 39.5 Å².